The number of carbonyl (C=O) groups excluding carboxylic acids is 1. The predicted octanol–water partition coefficient (Wildman–Crippen LogP) is 3.15. The number of nitrogens with one attached hydrogen (secondary N) is 1. The topological polar surface area (TPSA) is 41.6 Å². The molecule has 1 aromatic rings. The zero-order chi connectivity index (χ0) is 16.8. The third-order valence-corrected chi connectivity index (χ3v) is 5.46. The Labute approximate surface area is 145 Å². The summed E-state index contributed by atoms with van der Waals surface area (Å²) in [6.45, 7) is 2.05. The third-order valence-electron chi connectivity index (χ3n) is 5.46. The highest BCUT2D eigenvalue weighted by molar-refractivity contribution is 5.77. The first-order chi connectivity index (χ1) is 11.8. The molecule has 2 fully saturated rings. The minimum absolute atomic E-state index is 0.385. The number of ether oxygens (including phenoxy) is 1. The van der Waals surface area contributed by atoms with Gasteiger partial charge in [0.25, 0.3) is 0 Å². The van der Waals surface area contributed by atoms with E-state index in [-0.39, 0.29) is 0 Å². The van der Waals surface area contributed by atoms with E-state index in [1.807, 2.05) is 12.1 Å². The molecule has 2 aliphatic rings. The highest BCUT2D eigenvalue weighted by Gasteiger charge is 2.37. The Bertz CT molecular complexity index is 515. The average Bonchev–Trinajstić information content (AvgIpc) is 2.88. The van der Waals surface area contributed by atoms with Crippen LogP contribution in [0.3, 0.4) is 0 Å². The zero-order valence-corrected chi connectivity index (χ0v) is 14.8. The van der Waals surface area contributed by atoms with Crippen LogP contribution < -0.4 is 10.1 Å². The van der Waals surface area contributed by atoms with Crippen molar-refractivity contribution in [2.75, 3.05) is 20.2 Å². The number of hydrogen-bond acceptors (Lipinski definition) is 3. The van der Waals surface area contributed by atoms with Crippen LogP contribution in [0, 0.1) is 0 Å². The van der Waals surface area contributed by atoms with Gasteiger partial charge < -0.3 is 15.0 Å². The van der Waals surface area contributed by atoms with Crippen LogP contribution in [-0.4, -0.2) is 43.1 Å². The van der Waals surface area contributed by atoms with E-state index in [4.69, 9.17) is 4.74 Å². The molecule has 0 saturated carbocycles. The first-order valence-corrected chi connectivity index (χ1v) is 9.43. The van der Waals surface area contributed by atoms with Crippen molar-refractivity contribution in [1.82, 2.24) is 10.2 Å². The van der Waals surface area contributed by atoms with Gasteiger partial charge in [0.15, 0.2) is 0 Å². The number of unbranched alkanes of at least 4 members (excludes halogenated alkanes) is 2. The zero-order valence-electron chi connectivity index (χ0n) is 14.8. The van der Waals surface area contributed by atoms with Crippen molar-refractivity contribution in [3.8, 4) is 5.75 Å². The van der Waals surface area contributed by atoms with E-state index in [9.17, 15) is 4.79 Å². The van der Waals surface area contributed by atoms with Crippen molar-refractivity contribution in [1.29, 1.82) is 0 Å². The Morgan fingerprint density at radius 3 is 2.71 bits per heavy atom. The van der Waals surface area contributed by atoms with Gasteiger partial charge >= 0.3 is 0 Å². The van der Waals surface area contributed by atoms with E-state index < -0.39 is 0 Å². The summed E-state index contributed by atoms with van der Waals surface area (Å²) in [6.07, 6.45) is 8.59. The molecule has 2 atom stereocenters. The SMILES string of the molecule is COc1ccc(CCCCCC(=O)N2C3CCNCC2CC3)cc1. The first-order valence-electron chi connectivity index (χ1n) is 9.43. The summed E-state index contributed by atoms with van der Waals surface area (Å²) >= 11 is 0. The lowest BCUT2D eigenvalue weighted by atomic mass is 10.1. The Balaban J connectivity index is 1.36. The van der Waals surface area contributed by atoms with Crippen molar-refractivity contribution < 1.29 is 9.53 Å². The molecule has 2 heterocycles. The maximum absolute atomic E-state index is 12.6. The van der Waals surface area contributed by atoms with Crippen LogP contribution in [0.1, 0.15) is 50.5 Å². The fourth-order valence-corrected chi connectivity index (χ4v) is 4.09. The second kappa shape index (κ2) is 8.52. The van der Waals surface area contributed by atoms with E-state index in [1.165, 1.54) is 18.4 Å². The van der Waals surface area contributed by atoms with Crippen LogP contribution in [0.4, 0.5) is 0 Å². The van der Waals surface area contributed by atoms with Crippen LogP contribution in [-0.2, 0) is 11.2 Å². The average molecular weight is 330 g/mol. The lowest BCUT2D eigenvalue weighted by Crippen LogP contribution is -2.42. The van der Waals surface area contributed by atoms with Gasteiger partial charge in [-0.2, -0.15) is 0 Å². The first kappa shape index (κ1) is 17.3. The predicted molar refractivity (Wildman–Crippen MR) is 96.3 cm³/mol. The van der Waals surface area contributed by atoms with Crippen LogP contribution in [0.25, 0.3) is 0 Å². The molecule has 2 unspecified atom stereocenters. The molecule has 132 valence electrons. The standard InChI is InChI=1S/C20H30N2O2/c1-24-19-11-7-16(8-12-19)5-3-2-4-6-20(23)22-17-9-10-18(22)15-21-14-13-17/h7-8,11-12,17-18,21H,2-6,9-10,13-15H2,1H3. The van der Waals surface area contributed by atoms with Crippen LogP contribution in [0.2, 0.25) is 0 Å². The van der Waals surface area contributed by atoms with E-state index in [2.05, 4.69) is 22.3 Å². The minimum atomic E-state index is 0.385. The summed E-state index contributed by atoms with van der Waals surface area (Å²) in [6, 6.07) is 9.24. The van der Waals surface area contributed by atoms with Crippen molar-refractivity contribution in [2.24, 2.45) is 0 Å². The molecule has 0 radical (unpaired) electrons. The van der Waals surface area contributed by atoms with E-state index in [0.717, 1.165) is 57.4 Å². The molecule has 4 heteroatoms. The van der Waals surface area contributed by atoms with E-state index in [0.29, 0.717) is 18.0 Å². The number of methoxy groups -OCH3 is 1. The van der Waals surface area contributed by atoms with Crippen molar-refractivity contribution >= 4 is 5.91 Å². The normalized spacial score (nSPS) is 23.1. The number of benzene rings is 1. The number of hydrogen-bond donors (Lipinski definition) is 1. The number of fused-ring (bicyclic) bond motifs is 2. The third kappa shape index (κ3) is 4.29. The van der Waals surface area contributed by atoms with Gasteiger partial charge in [0.1, 0.15) is 5.75 Å². The number of aryl methyl sites for hydroxylation is 1. The molecule has 4 nitrogen and oxygen atoms in total. The number of nitrogens with zero attached hydrogens (tertiary/aromatic N) is 1. The number of rotatable bonds is 7. The Morgan fingerprint density at radius 1 is 1.12 bits per heavy atom. The second-order valence-corrected chi connectivity index (χ2v) is 7.09. The van der Waals surface area contributed by atoms with Gasteiger partial charge in [-0.25, -0.2) is 0 Å². The second-order valence-electron chi connectivity index (χ2n) is 7.09. The number of amides is 1. The molecule has 0 aromatic heterocycles. The smallest absolute Gasteiger partial charge is 0.223 e. The molecule has 1 N–H and O–H groups in total. The van der Waals surface area contributed by atoms with Gasteiger partial charge in [0, 0.05) is 25.0 Å². The Kier molecular flexibility index (Phi) is 6.13. The maximum Gasteiger partial charge on any atom is 0.223 e. The molecule has 1 aromatic carbocycles. The highest BCUT2D eigenvalue weighted by Crippen LogP contribution is 2.29. The minimum Gasteiger partial charge on any atom is -0.497 e. The molecule has 24 heavy (non-hydrogen) atoms. The fraction of sp³-hybridized carbons (Fsp3) is 0.650. The Morgan fingerprint density at radius 2 is 1.92 bits per heavy atom. The van der Waals surface area contributed by atoms with Gasteiger partial charge in [-0.1, -0.05) is 18.6 Å². The number of carbonyl (C=O) groups is 1. The van der Waals surface area contributed by atoms with Gasteiger partial charge in [-0.05, 0) is 62.8 Å². The molecular formula is C20H30N2O2. The van der Waals surface area contributed by atoms with Crippen LogP contribution >= 0.6 is 0 Å². The summed E-state index contributed by atoms with van der Waals surface area (Å²) in [7, 11) is 1.69. The monoisotopic (exact) mass is 330 g/mol. The van der Waals surface area contributed by atoms with Gasteiger partial charge in [0.2, 0.25) is 5.91 Å². The summed E-state index contributed by atoms with van der Waals surface area (Å²) < 4.78 is 5.18. The van der Waals surface area contributed by atoms with Gasteiger partial charge in [-0.15, -0.1) is 0 Å². The van der Waals surface area contributed by atoms with Crippen molar-refractivity contribution in [2.45, 2.75) is 63.5 Å². The van der Waals surface area contributed by atoms with Gasteiger partial charge in [0.05, 0.1) is 7.11 Å². The summed E-state index contributed by atoms with van der Waals surface area (Å²) in [5.41, 5.74) is 1.35. The fourth-order valence-electron chi connectivity index (χ4n) is 4.09. The largest absolute Gasteiger partial charge is 0.497 e. The lowest BCUT2D eigenvalue weighted by molar-refractivity contribution is -0.133. The van der Waals surface area contributed by atoms with E-state index in [1.54, 1.807) is 7.11 Å². The molecule has 1 amide bonds. The van der Waals surface area contributed by atoms with E-state index >= 15 is 0 Å². The maximum atomic E-state index is 12.6. The molecular weight excluding hydrogens is 300 g/mol. The summed E-state index contributed by atoms with van der Waals surface area (Å²) in [4.78, 5) is 14.8. The molecule has 0 aliphatic carbocycles. The summed E-state index contributed by atoms with van der Waals surface area (Å²) in [5, 5.41) is 3.46. The summed E-state index contributed by atoms with van der Waals surface area (Å²) in [5.74, 6) is 1.29. The molecule has 2 aliphatic heterocycles. The molecule has 0 spiro atoms. The molecule has 2 saturated heterocycles. The molecule has 2 bridgehead atoms. The lowest BCUT2D eigenvalue weighted by Gasteiger charge is -2.28. The quantitative estimate of drug-likeness (QED) is 0.781. The highest BCUT2D eigenvalue weighted by atomic mass is 16.5. The van der Waals surface area contributed by atoms with Gasteiger partial charge in [-0.3, -0.25) is 4.79 Å². The van der Waals surface area contributed by atoms with Crippen LogP contribution in [0.15, 0.2) is 24.3 Å². The van der Waals surface area contributed by atoms with Crippen molar-refractivity contribution in [3.63, 3.8) is 0 Å². The Hall–Kier alpha value is -1.55. The van der Waals surface area contributed by atoms with Crippen LogP contribution in [0.5, 0.6) is 5.75 Å². The molecule has 3 rings (SSSR count). The van der Waals surface area contributed by atoms with Crippen molar-refractivity contribution in [3.05, 3.63) is 29.8 Å².